The van der Waals surface area contributed by atoms with Crippen molar-refractivity contribution in [3.63, 3.8) is 0 Å². The van der Waals surface area contributed by atoms with Gasteiger partial charge >= 0.3 is 5.97 Å². The third-order valence-electron chi connectivity index (χ3n) is 4.77. The monoisotopic (exact) mass is 373 g/mol. The lowest BCUT2D eigenvalue weighted by Gasteiger charge is -2.18. The smallest absolute Gasteiger partial charge is 0.315 e. The maximum atomic E-state index is 13.2. The molecule has 1 aromatic carbocycles. The van der Waals surface area contributed by atoms with Crippen LogP contribution in [0.4, 0.5) is 0 Å². The van der Waals surface area contributed by atoms with Crippen LogP contribution in [-0.2, 0) is 16.1 Å². The van der Waals surface area contributed by atoms with Crippen LogP contribution in [-0.4, -0.2) is 22.4 Å². The van der Waals surface area contributed by atoms with Gasteiger partial charge in [0.05, 0.1) is 22.7 Å². The van der Waals surface area contributed by atoms with Crippen LogP contribution in [0.15, 0.2) is 30.3 Å². The zero-order valence-electron chi connectivity index (χ0n) is 15.4. The third kappa shape index (κ3) is 3.56. The molecular formula is C21H24ClNO3. The molecule has 3 rings (SSSR count). The molecule has 0 saturated heterocycles. The number of fused-ring (bicyclic) bond motifs is 1. The van der Waals surface area contributed by atoms with Gasteiger partial charge < -0.3 is 9.30 Å². The van der Waals surface area contributed by atoms with E-state index in [1.807, 2.05) is 43.5 Å². The van der Waals surface area contributed by atoms with E-state index in [9.17, 15) is 9.59 Å². The molecule has 1 aliphatic heterocycles. The molecule has 1 atom stereocenters. The van der Waals surface area contributed by atoms with Crippen molar-refractivity contribution in [3.05, 3.63) is 57.9 Å². The SMILES string of the molecule is Cc1cc2n(c1C(=O)c1ccccc1Cl)CCCCC2C(=O)OC(C)C. The lowest BCUT2D eigenvalue weighted by atomic mass is 9.99. The molecule has 5 heteroatoms. The highest BCUT2D eigenvalue weighted by Gasteiger charge is 2.31. The zero-order chi connectivity index (χ0) is 18.8. The normalized spacial score (nSPS) is 16.9. The number of aryl methyl sites for hydroxylation is 1. The van der Waals surface area contributed by atoms with Gasteiger partial charge in [0.15, 0.2) is 0 Å². The van der Waals surface area contributed by atoms with Crippen LogP contribution in [0.25, 0.3) is 0 Å². The number of aromatic nitrogens is 1. The Bertz CT molecular complexity index is 838. The minimum atomic E-state index is -0.327. The molecule has 26 heavy (non-hydrogen) atoms. The predicted octanol–water partition coefficient (Wildman–Crippen LogP) is 4.90. The maximum Gasteiger partial charge on any atom is 0.315 e. The van der Waals surface area contributed by atoms with Crippen molar-refractivity contribution in [2.24, 2.45) is 0 Å². The van der Waals surface area contributed by atoms with E-state index in [0.29, 0.717) is 16.3 Å². The molecule has 0 aliphatic carbocycles. The summed E-state index contributed by atoms with van der Waals surface area (Å²) in [5.74, 6) is -0.638. The average Bonchev–Trinajstić information content (AvgIpc) is 2.76. The maximum absolute atomic E-state index is 13.2. The Hall–Kier alpha value is -2.07. The fourth-order valence-corrected chi connectivity index (χ4v) is 3.86. The van der Waals surface area contributed by atoms with Gasteiger partial charge in [0, 0.05) is 17.8 Å². The summed E-state index contributed by atoms with van der Waals surface area (Å²) < 4.78 is 7.46. The van der Waals surface area contributed by atoms with Crippen molar-refractivity contribution >= 4 is 23.4 Å². The Balaban J connectivity index is 2.05. The first-order chi connectivity index (χ1) is 12.4. The summed E-state index contributed by atoms with van der Waals surface area (Å²) >= 11 is 6.24. The van der Waals surface area contributed by atoms with Gasteiger partial charge in [-0.2, -0.15) is 0 Å². The Morgan fingerprint density at radius 1 is 1.23 bits per heavy atom. The van der Waals surface area contributed by atoms with Crippen molar-refractivity contribution < 1.29 is 14.3 Å². The van der Waals surface area contributed by atoms with Gasteiger partial charge in [-0.15, -0.1) is 0 Å². The molecular weight excluding hydrogens is 350 g/mol. The van der Waals surface area contributed by atoms with Crippen molar-refractivity contribution in [2.75, 3.05) is 0 Å². The summed E-state index contributed by atoms with van der Waals surface area (Å²) in [4.78, 5) is 25.8. The number of hydrogen-bond acceptors (Lipinski definition) is 3. The van der Waals surface area contributed by atoms with E-state index in [0.717, 1.165) is 37.1 Å². The second-order valence-corrected chi connectivity index (χ2v) is 7.50. The minimum Gasteiger partial charge on any atom is -0.462 e. The molecule has 2 aromatic rings. The summed E-state index contributed by atoms with van der Waals surface area (Å²) in [5, 5.41) is 0.442. The Labute approximate surface area is 159 Å². The van der Waals surface area contributed by atoms with Gasteiger partial charge in [0.25, 0.3) is 0 Å². The molecule has 0 saturated carbocycles. The van der Waals surface area contributed by atoms with Crippen LogP contribution in [0.2, 0.25) is 5.02 Å². The highest BCUT2D eigenvalue weighted by molar-refractivity contribution is 6.34. The third-order valence-corrected chi connectivity index (χ3v) is 5.10. The number of carbonyl (C=O) groups excluding carboxylic acids is 2. The average molecular weight is 374 g/mol. The van der Waals surface area contributed by atoms with Crippen molar-refractivity contribution in [1.82, 2.24) is 4.57 Å². The summed E-state index contributed by atoms with van der Waals surface area (Å²) in [5.41, 5.74) is 2.86. The number of ketones is 1. The molecule has 0 amide bonds. The second kappa shape index (κ2) is 7.67. The molecule has 0 fully saturated rings. The number of esters is 1. The Kier molecular flexibility index (Phi) is 5.52. The van der Waals surface area contributed by atoms with Crippen LogP contribution in [0.5, 0.6) is 0 Å². The zero-order valence-corrected chi connectivity index (χ0v) is 16.2. The number of carbonyl (C=O) groups is 2. The first kappa shape index (κ1) is 18.7. The summed E-state index contributed by atoms with van der Waals surface area (Å²) in [6.07, 6.45) is 2.45. The van der Waals surface area contributed by atoms with E-state index in [1.165, 1.54) is 0 Å². The highest BCUT2D eigenvalue weighted by Crippen LogP contribution is 2.33. The predicted molar refractivity (Wildman–Crippen MR) is 102 cm³/mol. The molecule has 0 bridgehead atoms. The van der Waals surface area contributed by atoms with Crippen LogP contribution in [0.1, 0.15) is 66.3 Å². The lowest BCUT2D eigenvalue weighted by molar-refractivity contribution is -0.149. The van der Waals surface area contributed by atoms with Crippen molar-refractivity contribution in [1.29, 1.82) is 0 Å². The quantitative estimate of drug-likeness (QED) is 0.565. The number of nitrogens with zero attached hydrogens (tertiary/aromatic N) is 1. The molecule has 0 radical (unpaired) electrons. The lowest BCUT2D eigenvalue weighted by Crippen LogP contribution is -2.22. The van der Waals surface area contributed by atoms with Crippen LogP contribution in [0, 0.1) is 6.92 Å². The number of halogens is 1. The largest absolute Gasteiger partial charge is 0.462 e. The van der Waals surface area contributed by atoms with Crippen LogP contribution >= 0.6 is 11.6 Å². The van der Waals surface area contributed by atoms with Crippen molar-refractivity contribution in [3.8, 4) is 0 Å². The van der Waals surface area contributed by atoms with Crippen molar-refractivity contribution in [2.45, 2.75) is 58.6 Å². The van der Waals surface area contributed by atoms with E-state index in [2.05, 4.69) is 0 Å². The highest BCUT2D eigenvalue weighted by atomic mass is 35.5. The fraction of sp³-hybridized carbons (Fsp3) is 0.429. The van der Waals surface area contributed by atoms with Crippen LogP contribution < -0.4 is 0 Å². The molecule has 0 spiro atoms. The fourth-order valence-electron chi connectivity index (χ4n) is 3.63. The molecule has 1 aromatic heterocycles. The Morgan fingerprint density at radius 2 is 1.96 bits per heavy atom. The van der Waals surface area contributed by atoms with Gasteiger partial charge in [0.1, 0.15) is 0 Å². The summed E-state index contributed by atoms with van der Waals surface area (Å²) in [7, 11) is 0. The van der Waals surface area contributed by atoms with E-state index in [-0.39, 0.29) is 23.8 Å². The standard InChI is InChI=1S/C21H24ClNO3/c1-13(2)26-21(25)16-9-6-7-11-23-18(16)12-14(3)19(23)20(24)15-8-4-5-10-17(15)22/h4-5,8,10,12-13,16H,6-7,9,11H2,1-3H3. The molecule has 138 valence electrons. The number of benzene rings is 1. The van der Waals surface area contributed by atoms with Gasteiger partial charge in [-0.25, -0.2) is 0 Å². The van der Waals surface area contributed by atoms with Gasteiger partial charge in [-0.1, -0.05) is 30.2 Å². The first-order valence-electron chi connectivity index (χ1n) is 9.10. The van der Waals surface area contributed by atoms with Gasteiger partial charge in [-0.3, -0.25) is 9.59 Å². The van der Waals surface area contributed by atoms with Gasteiger partial charge in [-0.05, 0) is 57.4 Å². The number of rotatable bonds is 4. The van der Waals surface area contributed by atoms with E-state index in [1.54, 1.807) is 12.1 Å². The summed E-state index contributed by atoms with van der Waals surface area (Å²) in [6, 6.07) is 9.04. The molecule has 1 aliphatic rings. The van der Waals surface area contributed by atoms with Gasteiger partial charge in [0.2, 0.25) is 5.78 Å². The minimum absolute atomic E-state index is 0.0998. The Morgan fingerprint density at radius 3 is 2.65 bits per heavy atom. The molecule has 2 heterocycles. The topological polar surface area (TPSA) is 48.3 Å². The molecule has 4 nitrogen and oxygen atoms in total. The first-order valence-corrected chi connectivity index (χ1v) is 9.47. The number of ether oxygens (including phenoxy) is 1. The number of hydrogen-bond donors (Lipinski definition) is 0. The molecule has 0 N–H and O–H groups in total. The second-order valence-electron chi connectivity index (χ2n) is 7.10. The van der Waals surface area contributed by atoms with Crippen LogP contribution in [0.3, 0.4) is 0 Å². The molecule has 1 unspecified atom stereocenters. The van der Waals surface area contributed by atoms with E-state index < -0.39 is 0 Å². The van der Waals surface area contributed by atoms with E-state index in [4.69, 9.17) is 16.3 Å². The van der Waals surface area contributed by atoms with E-state index >= 15 is 0 Å². The summed E-state index contributed by atoms with van der Waals surface area (Å²) in [6.45, 7) is 6.34.